The van der Waals surface area contributed by atoms with Gasteiger partial charge in [0, 0.05) is 17.8 Å². The van der Waals surface area contributed by atoms with E-state index in [1.807, 2.05) is 6.07 Å². The third-order valence-electron chi connectivity index (χ3n) is 2.85. The van der Waals surface area contributed by atoms with Crippen molar-refractivity contribution < 1.29 is 0 Å². The van der Waals surface area contributed by atoms with E-state index >= 15 is 0 Å². The Balaban J connectivity index is 2.12. The molecule has 0 unspecified atom stereocenters. The molecule has 1 saturated carbocycles. The van der Waals surface area contributed by atoms with Gasteiger partial charge in [-0.05, 0) is 40.9 Å². The average molecular weight is 343 g/mol. The maximum atomic E-state index is 5.83. The molecule has 0 spiro atoms. The van der Waals surface area contributed by atoms with Crippen LogP contribution in [0.1, 0.15) is 24.5 Å². The lowest BCUT2D eigenvalue weighted by atomic mass is 10.2. The standard InChI is InChI=1S/C12H9BrClN3S/c13-9-10(6-1-2-6)16-11(17-12(9)18)8-4-3-7(14)5-15-8/h3-6H,1-2H2,(H,16,17,18). The number of hydrogen-bond acceptors (Lipinski definition) is 3. The molecule has 92 valence electrons. The molecule has 3 nitrogen and oxygen atoms in total. The van der Waals surface area contributed by atoms with Crippen LogP contribution in [0.25, 0.3) is 11.5 Å². The zero-order valence-corrected chi connectivity index (χ0v) is 12.4. The lowest BCUT2D eigenvalue weighted by molar-refractivity contribution is 0.966. The Morgan fingerprint density at radius 1 is 1.39 bits per heavy atom. The lowest BCUT2D eigenvalue weighted by Gasteiger charge is -2.07. The van der Waals surface area contributed by atoms with E-state index in [9.17, 15) is 0 Å². The molecule has 1 fully saturated rings. The molecule has 2 aromatic heterocycles. The van der Waals surface area contributed by atoms with Gasteiger partial charge in [0.15, 0.2) is 5.82 Å². The van der Waals surface area contributed by atoms with Gasteiger partial charge in [0.1, 0.15) is 10.3 Å². The molecule has 1 N–H and O–H groups in total. The smallest absolute Gasteiger partial charge is 0.157 e. The molecule has 1 aliphatic carbocycles. The molecule has 18 heavy (non-hydrogen) atoms. The fourth-order valence-electron chi connectivity index (χ4n) is 1.77. The van der Waals surface area contributed by atoms with Crippen LogP contribution in [0.5, 0.6) is 0 Å². The highest BCUT2D eigenvalue weighted by Crippen LogP contribution is 2.42. The molecule has 0 amide bonds. The summed E-state index contributed by atoms with van der Waals surface area (Å²) in [5.41, 5.74) is 1.88. The summed E-state index contributed by atoms with van der Waals surface area (Å²) < 4.78 is 1.47. The van der Waals surface area contributed by atoms with Crippen LogP contribution in [0.3, 0.4) is 0 Å². The Morgan fingerprint density at radius 2 is 2.17 bits per heavy atom. The maximum Gasteiger partial charge on any atom is 0.157 e. The number of hydrogen-bond donors (Lipinski definition) is 1. The summed E-state index contributed by atoms with van der Waals surface area (Å²) in [4.78, 5) is 11.9. The van der Waals surface area contributed by atoms with E-state index in [4.69, 9.17) is 23.8 Å². The highest BCUT2D eigenvalue weighted by Gasteiger charge is 2.27. The van der Waals surface area contributed by atoms with Crippen LogP contribution in [0, 0.1) is 4.64 Å². The molecule has 2 aromatic rings. The largest absolute Gasteiger partial charge is 0.341 e. The zero-order valence-electron chi connectivity index (χ0n) is 9.28. The molecule has 6 heteroatoms. The van der Waals surface area contributed by atoms with E-state index in [1.54, 1.807) is 12.3 Å². The molecule has 2 heterocycles. The summed E-state index contributed by atoms with van der Waals surface area (Å²) in [6.45, 7) is 0. The van der Waals surface area contributed by atoms with Gasteiger partial charge in [0.25, 0.3) is 0 Å². The molecule has 0 aliphatic heterocycles. The van der Waals surface area contributed by atoms with Gasteiger partial charge in [-0.2, -0.15) is 0 Å². The highest BCUT2D eigenvalue weighted by atomic mass is 79.9. The number of nitrogens with zero attached hydrogens (tertiary/aromatic N) is 2. The number of pyridine rings is 1. The molecule has 0 bridgehead atoms. The Labute approximate surface area is 123 Å². The first-order chi connectivity index (χ1) is 8.65. The lowest BCUT2D eigenvalue weighted by Crippen LogP contribution is -1.98. The molecule has 0 atom stereocenters. The first kappa shape index (κ1) is 12.3. The monoisotopic (exact) mass is 341 g/mol. The average Bonchev–Trinajstić information content (AvgIpc) is 3.18. The molecule has 0 radical (unpaired) electrons. The maximum absolute atomic E-state index is 5.83. The van der Waals surface area contributed by atoms with Gasteiger partial charge in [0.05, 0.1) is 9.50 Å². The van der Waals surface area contributed by atoms with Gasteiger partial charge in [-0.3, -0.25) is 4.98 Å². The zero-order chi connectivity index (χ0) is 12.7. The predicted octanol–water partition coefficient (Wildman–Crippen LogP) is 4.49. The Morgan fingerprint density at radius 3 is 2.78 bits per heavy atom. The third kappa shape index (κ3) is 2.35. The second-order valence-electron chi connectivity index (χ2n) is 4.25. The molecular weight excluding hydrogens is 334 g/mol. The van der Waals surface area contributed by atoms with Crippen LogP contribution in [0.15, 0.2) is 22.8 Å². The van der Waals surface area contributed by atoms with E-state index < -0.39 is 0 Å². The normalized spacial score (nSPS) is 14.8. The number of rotatable bonds is 2. The summed E-state index contributed by atoms with van der Waals surface area (Å²) in [5, 5.41) is 0.608. The Kier molecular flexibility index (Phi) is 3.21. The van der Waals surface area contributed by atoms with Crippen LogP contribution < -0.4 is 0 Å². The van der Waals surface area contributed by atoms with Crippen molar-refractivity contribution in [2.24, 2.45) is 0 Å². The first-order valence-electron chi connectivity index (χ1n) is 5.57. The van der Waals surface area contributed by atoms with Crippen LogP contribution >= 0.6 is 39.7 Å². The number of halogens is 2. The van der Waals surface area contributed by atoms with Gasteiger partial charge in [-0.1, -0.05) is 23.8 Å². The fourth-order valence-corrected chi connectivity index (χ4v) is 2.59. The van der Waals surface area contributed by atoms with E-state index in [-0.39, 0.29) is 0 Å². The van der Waals surface area contributed by atoms with Crippen molar-refractivity contribution in [1.29, 1.82) is 0 Å². The van der Waals surface area contributed by atoms with E-state index in [1.165, 1.54) is 12.8 Å². The summed E-state index contributed by atoms with van der Waals surface area (Å²) >= 11 is 14.6. The number of aromatic amines is 1. The molecule has 0 saturated heterocycles. The Bertz CT molecular complexity index is 649. The summed E-state index contributed by atoms with van der Waals surface area (Å²) in [6.07, 6.45) is 4.00. The van der Waals surface area contributed by atoms with Gasteiger partial charge in [-0.15, -0.1) is 0 Å². The van der Waals surface area contributed by atoms with Crippen LogP contribution in [-0.2, 0) is 0 Å². The minimum absolute atomic E-state index is 0.565. The van der Waals surface area contributed by atoms with Crippen LogP contribution in [0.2, 0.25) is 5.02 Å². The van der Waals surface area contributed by atoms with Crippen molar-refractivity contribution >= 4 is 39.7 Å². The van der Waals surface area contributed by atoms with Gasteiger partial charge in [-0.25, -0.2) is 4.98 Å². The third-order valence-corrected chi connectivity index (χ3v) is 4.43. The van der Waals surface area contributed by atoms with Crippen molar-refractivity contribution in [3.63, 3.8) is 0 Å². The summed E-state index contributed by atoms with van der Waals surface area (Å²) in [7, 11) is 0. The summed E-state index contributed by atoms with van der Waals surface area (Å²) in [5.74, 6) is 1.26. The quantitative estimate of drug-likeness (QED) is 0.817. The van der Waals surface area contributed by atoms with Crippen molar-refractivity contribution in [3.05, 3.63) is 38.2 Å². The topological polar surface area (TPSA) is 41.6 Å². The minimum Gasteiger partial charge on any atom is -0.341 e. The summed E-state index contributed by atoms with van der Waals surface area (Å²) in [6, 6.07) is 3.63. The van der Waals surface area contributed by atoms with Gasteiger partial charge in [0.2, 0.25) is 0 Å². The van der Waals surface area contributed by atoms with E-state index in [0.29, 0.717) is 21.4 Å². The molecule has 0 aromatic carbocycles. The second-order valence-corrected chi connectivity index (χ2v) is 5.87. The van der Waals surface area contributed by atoms with Crippen molar-refractivity contribution in [2.75, 3.05) is 0 Å². The fraction of sp³-hybridized carbons (Fsp3) is 0.250. The van der Waals surface area contributed by atoms with E-state index in [0.717, 1.165) is 15.9 Å². The van der Waals surface area contributed by atoms with Crippen LogP contribution in [-0.4, -0.2) is 15.0 Å². The van der Waals surface area contributed by atoms with E-state index in [2.05, 4.69) is 30.9 Å². The number of H-pyrrole nitrogens is 1. The molecular formula is C12H9BrClN3S. The predicted molar refractivity (Wildman–Crippen MR) is 77.3 cm³/mol. The SMILES string of the molecule is S=c1nc(-c2ccc(Cl)cn2)[nH]c(C2CC2)c1Br. The van der Waals surface area contributed by atoms with Gasteiger partial charge < -0.3 is 4.98 Å². The van der Waals surface area contributed by atoms with Gasteiger partial charge >= 0.3 is 0 Å². The van der Waals surface area contributed by atoms with Crippen molar-refractivity contribution in [2.45, 2.75) is 18.8 Å². The minimum atomic E-state index is 0.565. The highest BCUT2D eigenvalue weighted by molar-refractivity contribution is 9.10. The number of nitrogens with one attached hydrogen (secondary N) is 1. The van der Waals surface area contributed by atoms with Crippen LogP contribution in [0.4, 0.5) is 0 Å². The number of aromatic nitrogens is 3. The molecule has 1 aliphatic rings. The van der Waals surface area contributed by atoms with Crippen molar-refractivity contribution in [3.8, 4) is 11.5 Å². The van der Waals surface area contributed by atoms with Crippen molar-refractivity contribution in [1.82, 2.24) is 15.0 Å². The Hall–Kier alpha value is -0.780. The first-order valence-corrected chi connectivity index (χ1v) is 7.14. The second kappa shape index (κ2) is 4.72. The molecule has 3 rings (SSSR count).